The Labute approximate surface area is 144 Å². The summed E-state index contributed by atoms with van der Waals surface area (Å²) in [5.41, 5.74) is 2.49. The third-order valence-electron chi connectivity index (χ3n) is 3.65. The lowest BCUT2D eigenvalue weighted by atomic mass is 9.95. The summed E-state index contributed by atoms with van der Waals surface area (Å²) in [5.74, 6) is 0.258. The molecule has 0 unspecified atom stereocenters. The highest BCUT2D eigenvalue weighted by atomic mass is 35.5. The molecule has 6 heteroatoms. The number of benzene rings is 1. The van der Waals surface area contributed by atoms with Crippen molar-refractivity contribution >= 4 is 24.8 Å². The van der Waals surface area contributed by atoms with E-state index in [2.05, 4.69) is 22.9 Å². The highest BCUT2D eigenvalue weighted by molar-refractivity contribution is 5.85. The molecule has 1 fully saturated rings. The van der Waals surface area contributed by atoms with E-state index >= 15 is 0 Å². The van der Waals surface area contributed by atoms with Gasteiger partial charge in [-0.2, -0.15) is 5.26 Å². The van der Waals surface area contributed by atoms with Crippen LogP contribution in [0.15, 0.2) is 30.4 Å². The molecule has 1 heterocycles. The molecule has 122 valence electrons. The number of rotatable bonds is 4. The van der Waals surface area contributed by atoms with E-state index in [1.807, 2.05) is 6.92 Å². The van der Waals surface area contributed by atoms with Crippen molar-refractivity contribution in [3.8, 4) is 11.8 Å². The van der Waals surface area contributed by atoms with E-state index in [-0.39, 0.29) is 36.6 Å². The smallest absolute Gasteiger partial charge is 0.120 e. The summed E-state index contributed by atoms with van der Waals surface area (Å²) in [7, 11) is 0. The number of hydrogen-bond donors (Lipinski definition) is 2. The normalized spacial score (nSPS) is 15.8. The molecule has 2 N–H and O–H groups in total. The van der Waals surface area contributed by atoms with E-state index in [1.165, 1.54) is 0 Å². The molecule has 1 atom stereocenters. The van der Waals surface area contributed by atoms with Crippen molar-refractivity contribution in [1.82, 2.24) is 10.2 Å². The molecular formula is C16H23Cl2N3O. The van der Waals surface area contributed by atoms with Gasteiger partial charge in [-0.15, -0.1) is 31.4 Å². The monoisotopic (exact) mass is 343 g/mol. The number of piperazine rings is 1. The van der Waals surface area contributed by atoms with Crippen molar-refractivity contribution in [2.45, 2.75) is 19.4 Å². The van der Waals surface area contributed by atoms with Crippen LogP contribution in [0.5, 0.6) is 5.75 Å². The Kier molecular flexibility index (Phi) is 9.15. The topological polar surface area (TPSA) is 59.3 Å². The van der Waals surface area contributed by atoms with Gasteiger partial charge in [0.15, 0.2) is 0 Å². The molecule has 0 radical (unpaired) electrons. The predicted octanol–water partition coefficient (Wildman–Crippen LogP) is 3.02. The van der Waals surface area contributed by atoms with Gasteiger partial charge in [0, 0.05) is 37.8 Å². The van der Waals surface area contributed by atoms with Gasteiger partial charge in [0.25, 0.3) is 0 Å². The highest BCUT2D eigenvalue weighted by Gasteiger charge is 2.24. The van der Waals surface area contributed by atoms with Crippen molar-refractivity contribution in [2.24, 2.45) is 0 Å². The molecule has 0 spiro atoms. The van der Waals surface area contributed by atoms with Gasteiger partial charge in [0.1, 0.15) is 5.75 Å². The lowest BCUT2D eigenvalue weighted by Crippen LogP contribution is -2.45. The third kappa shape index (κ3) is 5.19. The first-order valence-electron chi connectivity index (χ1n) is 6.94. The number of nitrogens with one attached hydrogen (secondary N) is 1. The Bertz CT molecular complexity index is 537. The molecule has 1 aliphatic rings. The molecule has 22 heavy (non-hydrogen) atoms. The molecule has 0 amide bonds. The first-order chi connectivity index (χ1) is 9.61. The van der Waals surface area contributed by atoms with E-state index < -0.39 is 0 Å². The quantitative estimate of drug-likeness (QED) is 0.825. The average Bonchev–Trinajstić information content (AvgIpc) is 2.46. The minimum Gasteiger partial charge on any atom is -0.508 e. The predicted molar refractivity (Wildman–Crippen MR) is 93.9 cm³/mol. The first-order valence-corrected chi connectivity index (χ1v) is 6.94. The van der Waals surface area contributed by atoms with Crippen molar-refractivity contribution in [2.75, 3.05) is 26.2 Å². The maximum absolute atomic E-state index is 10.2. The Morgan fingerprint density at radius 3 is 2.59 bits per heavy atom. The number of aromatic hydroxyl groups is 1. The van der Waals surface area contributed by atoms with Crippen LogP contribution in [-0.2, 0) is 0 Å². The van der Waals surface area contributed by atoms with Gasteiger partial charge in [-0.3, -0.25) is 4.90 Å². The average molecular weight is 344 g/mol. The molecule has 2 rings (SSSR count). The van der Waals surface area contributed by atoms with E-state index in [0.29, 0.717) is 5.56 Å². The fourth-order valence-electron chi connectivity index (χ4n) is 2.65. The molecule has 0 aromatic heterocycles. The number of phenols is 1. The molecule has 0 saturated carbocycles. The summed E-state index contributed by atoms with van der Waals surface area (Å²) in [6.45, 7) is 9.78. The molecular weight excluding hydrogens is 321 g/mol. The first kappa shape index (κ1) is 20.8. The maximum atomic E-state index is 10.2. The highest BCUT2D eigenvalue weighted by Crippen LogP contribution is 2.33. The number of nitrogens with zero attached hydrogens (tertiary/aromatic N) is 2. The Morgan fingerprint density at radius 2 is 2.05 bits per heavy atom. The van der Waals surface area contributed by atoms with Crippen LogP contribution in [0.1, 0.15) is 30.5 Å². The van der Waals surface area contributed by atoms with E-state index in [4.69, 9.17) is 5.26 Å². The molecule has 1 saturated heterocycles. The van der Waals surface area contributed by atoms with Crippen LogP contribution in [0.2, 0.25) is 0 Å². The second kappa shape index (κ2) is 9.70. The minimum absolute atomic E-state index is 0. The maximum Gasteiger partial charge on any atom is 0.120 e. The fraction of sp³-hybridized carbons (Fsp3) is 0.438. The Morgan fingerprint density at radius 1 is 1.41 bits per heavy atom. The zero-order valence-corrected chi connectivity index (χ0v) is 14.3. The second-order valence-corrected chi connectivity index (χ2v) is 5.35. The number of nitriles is 1. The van der Waals surface area contributed by atoms with Crippen molar-refractivity contribution in [3.63, 3.8) is 0 Å². The number of hydrogen-bond acceptors (Lipinski definition) is 4. The van der Waals surface area contributed by atoms with Crippen LogP contribution in [-0.4, -0.2) is 36.2 Å². The summed E-state index contributed by atoms with van der Waals surface area (Å²) >= 11 is 0. The Hall–Kier alpha value is -1.25. The molecule has 0 bridgehead atoms. The summed E-state index contributed by atoms with van der Waals surface area (Å²) in [6, 6.07) is 7.28. The summed E-state index contributed by atoms with van der Waals surface area (Å²) < 4.78 is 0. The van der Waals surface area contributed by atoms with Crippen LogP contribution < -0.4 is 5.32 Å². The summed E-state index contributed by atoms with van der Waals surface area (Å²) in [5, 5.41) is 22.5. The molecule has 4 nitrogen and oxygen atoms in total. The van der Waals surface area contributed by atoms with Gasteiger partial charge in [-0.05, 0) is 31.5 Å². The van der Waals surface area contributed by atoms with E-state index in [9.17, 15) is 5.11 Å². The van der Waals surface area contributed by atoms with Crippen LogP contribution in [0.3, 0.4) is 0 Å². The largest absolute Gasteiger partial charge is 0.508 e. The van der Waals surface area contributed by atoms with Crippen molar-refractivity contribution in [3.05, 3.63) is 41.5 Å². The standard InChI is InChI=1S/C16H21N3O.2ClH/c1-12(2)9-15(19-7-5-18-6-8-19)14-10-13(11-17)3-4-16(14)20;;/h3-4,10,15,18,20H,1,5-9H2,2H3;2*1H/t15-;;/m1../s1. The second-order valence-electron chi connectivity index (χ2n) is 5.35. The zero-order chi connectivity index (χ0) is 14.5. The third-order valence-corrected chi connectivity index (χ3v) is 3.65. The van der Waals surface area contributed by atoms with Crippen molar-refractivity contribution in [1.29, 1.82) is 5.26 Å². The SMILES string of the molecule is C=C(C)C[C@H](c1cc(C#N)ccc1O)N1CCNCC1.Cl.Cl. The number of halogens is 2. The van der Waals surface area contributed by atoms with Crippen molar-refractivity contribution < 1.29 is 5.11 Å². The van der Waals surface area contributed by atoms with Crippen LogP contribution in [0.4, 0.5) is 0 Å². The van der Waals surface area contributed by atoms with Crippen LogP contribution in [0, 0.1) is 11.3 Å². The number of phenolic OH excluding ortho intramolecular Hbond substituents is 1. The van der Waals surface area contributed by atoms with Gasteiger partial charge in [-0.25, -0.2) is 0 Å². The molecule has 1 aliphatic heterocycles. The lowest BCUT2D eigenvalue weighted by Gasteiger charge is -2.35. The fourth-order valence-corrected chi connectivity index (χ4v) is 2.65. The summed E-state index contributed by atoms with van der Waals surface area (Å²) in [6.07, 6.45) is 0.794. The lowest BCUT2D eigenvalue weighted by molar-refractivity contribution is 0.170. The van der Waals surface area contributed by atoms with E-state index in [1.54, 1.807) is 18.2 Å². The molecule has 1 aromatic rings. The molecule has 1 aromatic carbocycles. The van der Waals surface area contributed by atoms with Gasteiger partial charge >= 0.3 is 0 Å². The Balaban J connectivity index is 0.00000220. The molecule has 0 aliphatic carbocycles. The minimum atomic E-state index is 0. The van der Waals surface area contributed by atoms with Crippen LogP contribution in [0.25, 0.3) is 0 Å². The van der Waals surface area contributed by atoms with Gasteiger partial charge in [0.2, 0.25) is 0 Å². The van der Waals surface area contributed by atoms with Gasteiger partial charge in [0.05, 0.1) is 11.6 Å². The van der Waals surface area contributed by atoms with Crippen LogP contribution >= 0.6 is 24.8 Å². The van der Waals surface area contributed by atoms with Gasteiger partial charge in [-0.1, -0.05) is 5.57 Å². The van der Waals surface area contributed by atoms with E-state index in [0.717, 1.165) is 43.7 Å². The van der Waals surface area contributed by atoms with Gasteiger partial charge < -0.3 is 10.4 Å². The zero-order valence-electron chi connectivity index (χ0n) is 12.7. The summed E-state index contributed by atoms with van der Waals surface area (Å²) in [4.78, 5) is 2.35.